The summed E-state index contributed by atoms with van der Waals surface area (Å²) in [5.41, 5.74) is 6.96. The lowest BCUT2D eigenvalue weighted by molar-refractivity contribution is 0.624. The molecule has 1 aromatic carbocycles. The number of nitrogens with two attached hydrogens (primary N) is 1. The van der Waals surface area contributed by atoms with E-state index in [1.165, 1.54) is 11.3 Å². The Balaban J connectivity index is 2.52. The third-order valence-corrected chi connectivity index (χ3v) is 4.72. The van der Waals surface area contributed by atoms with Crippen LogP contribution in [0.3, 0.4) is 0 Å². The highest BCUT2D eigenvalue weighted by atomic mass is 35.5. The fourth-order valence-corrected chi connectivity index (χ4v) is 3.61. The van der Waals surface area contributed by atoms with Crippen LogP contribution in [0.5, 0.6) is 0 Å². The maximum Gasteiger partial charge on any atom is 0.0638 e. The summed E-state index contributed by atoms with van der Waals surface area (Å²) >= 11 is 14.1. The molecule has 1 heterocycles. The van der Waals surface area contributed by atoms with E-state index in [9.17, 15) is 0 Å². The van der Waals surface area contributed by atoms with Crippen molar-refractivity contribution in [1.82, 2.24) is 0 Å². The van der Waals surface area contributed by atoms with E-state index >= 15 is 0 Å². The van der Waals surface area contributed by atoms with Crippen molar-refractivity contribution >= 4 is 35.0 Å². The van der Waals surface area contributed by atoms with Crippen LogP contribution in [0, 0.1) is 0 Å². The van der Waals surface area contributed by atoms with E-state index < -0.39 is 0 Å². The van der Waals surface area contributed by atoms with Gasteiger partial charge in [-0.2, -0.15) is 0 Å². The summed E-state index contributed by atoms with van der Waals surface area (Å²) in [5, 5.41) is 1.33. The van der Waals surface area contributed by atoms with Gasteiger partial charge in [0.15, 0.2) is 0 Å². The lowest BCUT2D eigenvalue weighted by Gasteiger charge is -2.17. The number of rotatable bonds is 1. The van der Waals surface area contributed by atoms with Crippen molar-refractivity contribution in [2.24, 2.45) is 5.73 Å². The molecule has 1 aliphatic rings. The topological polar surface area (TPSA) is 26.0 Å². The number of thioether (sulfide) groups is 1. The maximum absolute atomic E-state index is 6.26. The molecule has 1 nitrogen and oxygen atoms in total. The number of benzene rings is 1. The van der Waals surface area contributed by atoms with Gasteiger partial charge in [-0.25, -0.2) is 0 Å². The summed E-state index contributed by atoms with van der Waals surface area (Å²) in [6, 6.07) is 3.93. The summed E-state index contributed by atoms with van der Waals surface area (Å²) in [4.78, 5) is 1.25. The summed E-state index contributed by atoms with van der Waals surface area (Å²) in [7, 11) is 0. The fraction of sp³-hybridized carbons (Fsp3) is 0.455. The molecule has 15 heavy (non-hydrogen) atoms. The second kappa shape index (κ2) is 4.96. The van der Waals surface area contributed by atoms with E-state index in [4.69, 9.17) is 28.9 Å². The minimum Gasteiger partial charge on any atom is -0.330 e. The van der Waals surface area contributed by atoms with Crippen LogP contribution >= 0.6 is 35.0 Å². The van der Waals surface area contributed by atoms with Crippen LogP contribution in [0.1, 0.15) is 24.3 Å². The van der Waals surface area contributed by atoms with Crippen molar-refractivity contribution in [2.75, 3.05) is 12.3 Å². The molecule has 0 amide bonds. The van der Waals surface area contributed by atoms with Gasteiger partial charge >= 0.3 is 0 Å². The minimum absolute atomic E-state index is 0.362. The molecule has 4 heteroatoms. The SMILES string of the molecule is NCC1CCCSc2ccc(Cl)c(Cl)c21. The van der Waals surface area contributed by atoms with Crippen molar-refractivity contribution in [2.45, 2.75) is 23.7 Å². The van der Waals surface area contributed by atoms with Crippen molar-refractivity contribution < 1.29 is 0 Å². The third-order valence-electron chi connectivity index (χ3n) is 2.74. The van der Waals surface area contributed by atoms with Gasteiger partial charge in [-0.15, -0.1) is 11.8 Å². The zero-order chi connectivity index (χ0) is 10.8. The lowest BCUT2D eigenvalue weighted by Crippen LogP contribution is -2.13. The Morgan fingerprint density at radius 2 is 2.20 bits per heavy atom. The predicted octanol–water partition coefficient (Wildman–Crippen LogP) is 3.92. The second-order valence-electron chi connectivity index (χ2n) is 3.70. The zero-order valence-electron chi connectivity index (χ0n) is 8.30. The van der Waals surface area contributed by atoms with Crippen molar-refractivity contribution in [3.8, 4) is 0 Å². The molecule has 0 bridgehead atoms. The standard InChI is InChI=1S/C11H13Cl2NS/c12-8-3-4-9-10(11(8)13)7(6-14)2-1-5-15-9/h3-4,7H,1-2,5-6,14H2. The van der Waals surface area contributed by atoms with Gasteiger partial charge in [0, 0.05) is 4.90 Å². The smallest absolute Gasteiger partial charge is 0.0638 e. The Morgan fingerprint density at radius 1 is 1.40 bits per heavy atom. The molecule has 1 atom stereocenters. The highest BCUT2D eigenvalue weighted by molar-refractivity contribution is 7.99. The zero-order valence-corrected chi connectivity index (χ0v) is 10.6. The first-order valence-corrected chi connectivity index (χ1v) is 6.79. The molecule has 82 valence electrons. The average molecular weight is 262 g/mol. The van der Waals surface area contributed by atoms with Gasteiger partial charge in [0.05, 0.1) is 10.0 Å². The van der Waals surface area contributed by atoms with E-state index in [2.05, 4.69) is 6.07 Å². The van der Waals surface area contributed by atoms with Crippen molar-refractivity contribution in [3.05, 3.63) is 27.7 Å². The quantitative estimate of drug-likeness (QED) is 0.830. The van der Waals surface area contributed by atoms with Gasteiger partial charge in [0.25, 0.3) is 0 Å². The molecule has 0 fully saturated rings. The molecular weight excluding hydrogens is 249 g/mol. The minimum atomic E-state index is 0.362. The first kappa shape index (κ1) is 11.6. The Kier molecular flexibility index (Phi) is 3.83. The molecule has 0 radical (unpaired) electrons. The van der Waals surface area contributed by atoms with Gasteiger partial charge < -0.3 is 5.73 Å². The number of hydrogen-bond acceptors (Lipinski definition) is 2. The fourth-order valence-electron chi connectivity index (χ4n) is 1.95. The molecule has 1 aromatic rings. The number of hydrogen-bond donors (Lipinski definition) is 1. The molecule has 0 saturated carbocycles. The summed E-state index contributed by atoms with van der Waals surface area (Å²) in [6.45, 7) is 0.646. The maximum atomic E-state index is 6.26. The van der Waals surface area contributed by atoms with Crippen LogP contribution in [0.4, 0.5) is 0 Å². The molecule has 1 aliphatic heterocycles. The summed E-state index contributed by atoms with van der Waals surface area (Å²) < 4.78 is 0. The number of halogens is 2. The van der Waals surface area contributed by atoms with Gasteiger partial charge in [-0.3, -0.25) is 0 Å². The monoisotopic (exact) mass is 261 g/mol. The average Bonchev–Trinajstić information content (AvgIpc) is 2.45. The molecule has 0 aromatic heterocycles. The first-order chi connectivity index (χ1) is 7.24. The van der Waals surface area contributed by atoms with E-state index in [-0.39, 0.29) is 0 Å². The van der Waals surface area contributed by atoms with Crippen LogP contribution in [0.25, 0.3) is 0 Å². The molecule has 0 saturated heterocycles. The highest BCUT2D eigenvalue weighted by Crippen LogP contribution is 2.42. The lowest BCUT2D eigenvalue weighted by atomic mass is 9.94. The Labute approximate surface area is 104 Å². The predicted molar refractivity (Wildman–Crippen MR) is 68.2 cm³/mol. The molecule has 2 N–H and O–H groups in total. The Morgan fingerprint density at radius 3 is 2.93 bits per heavy atom. The molecule has 2 rings (SSSR count). The van der Waals surface area contributed by atoms with Gasteiger partial charge in [0.1, 0.15) is 0 Å². The third kappa shape index (κ3) is 2.28. The number of fused-ring (bicyclic) bond motifs is 1. The van der Waals surface area contributed by atoms with Crippen molar-refractivity contribution in [3.63, 3.8) is 0 Å². The normalized spacial score (nSPS) is 20.9. The van der Waals surface area contributed by atoms with Crippen molar-refractivity contribution in [1.29, 1.82) is 0 Å². The van der Waals surface area contributed by atoms with Crippen LogP contribution in [0.15, 0.2) is 17.0 Å². The van der Waals surface area contributed by atoms with E-state index in [1.807, 2.05) is 17.8 Å². The van der Waals surface area contributed by atoms with Gasteiger partial charge in [0.2, 0.25) is 0 Å². The summed E-state index contributed by atoms with van der Waals surface area (Å²) in [5.74, 6) is 1.50. The molecule has 1 unspecified atom stereocenters. The van der Waals surface area contributed by atoms with Crippen LogP contribution in [0.2, 0.25) is 10.0 Å². The van der Waals surface area contributed by atoms with Crippen LogP contribution in [-0.2, 0) is 0 Å². The van der Waals surface area contributed by atoms with Crippen LogP contribution in [-0.4, -0.2) is 12.3 Å². The molecular formula is C11H13Cl2NS. The Hall–Kier alpha value is 0.110. The van der Waals surface area contributed by atoms with E-state index in [0.29, 0.717) is 22.5 Å². The summed E-state index contributed by atoms with van der Waals surface area (Å²) in [6.07, 6.45) is 2.30. The first-order valence-electron chi connectivity index (χ1n) is 5.04. The van der Waals surface area contributed by atoms with Gasteiger partial charge in [-0.05, 0) is 48.8 Å². The molecule has 0 spiro atoms. The Bertz CT molecular complexity index is 368. The van der Waals surface area contributed by atoms with Crippen LogP contribution < -0.4 is 5.73 Å². The van der Waals surface area contributed by atoms with E-state index in [0.717, 1.165) is 17.7 Å². The second-order valence-corrected chi connectivity index (χ2v) is 5.62. The highest BCUT2D eigenvalue weighted by Gasteiger charge is 2.22. The van der Waals surface area contributed by atoms with Gasteiger partial charge in [-0.1, -0.05) is 23.2 Å². The molecule has 0 aliphatic carbocycles. The van der Waals surface area contributed by atoms with E-state index in [1.54, 1.807) is 0 Å². The largest absolute Gasteiger partial charge is 0.330 e.